The number of carbonyl (C=O) groups is 2. The minimum absolute atomic E-state index is 0.0545. The second-order valence-corrected chi connectivity index (χ2v) is 6.01. The quantitative estimate of drug-likeness (QED) is 0.927. The first-order valence-electron chi connectivity index (χ1n) is 7.38. The number of hydrogen-bond donors (Lipinski definition) is 1. The van der Waals surface area contributed by atoms with Gasteiger partial charge in [-0.25, -0.2) is 0 Å². The van der Waals surface area contributed by atoms with Gasteiger partial charge in [0.1, 0.15) is 6.54 Å². The molecule has 1 saturated heterocycles. The maximum atomic E-state index is 12.5. The summed E-state index contributed by atoms with van der Waals surface area (Å²) >= 11 is 6.02. The van der Waals surface area contributed by atoms with E-state index in [2.05, 4.69) is 0 Å². The number of aliphatic carboxylic acids is 1. The fraction of sp³-hybridized carbons (Fsp3) is 0.375. The first kappa shape index (κ1) is 15.8. The van der Waals surface area contributed by atoms with Crippen molar-refractivity contribution in [1.29, 1.82) is 0 Å². The summed E-state index contributed by atoms with van der Waals surface area (Å²) in [4.78, 5) is 24.9. The summed E-state index contributed by atoms with van der Waals surface area (Å²) in [6.45, 7) is 1.35. The van der Waals surface area contributed by atoms with Gasteiger partial charge in [-0.2, -0.15) is 0 Å². The third-order valence-electron chi connectivity index (χ3n) is 3.94. The molecule has 6 nitrogen and oxygen atoms in total. The van der Waals surface area contributed by atoms with E-state index >= 15 is 0 Å². The standard InChI is InChI=1S/C16H17ClN2O4/c17-12-2-1-11-3-4-18(14(11)7-12)10-15(20)19-5-6-23-13(9-19)8-16(21)22/h1-4,7,13H,5-6,8-10H2,(H,21,22). The third-order valence-corrected chi connectivity index (χ3v) is 4.17. The number of amides is 1. The summed E-state index contributed by atoms with van der Waals surface area (Å²) in [5, 5.41) is 10.5. The lowest BCUT2D eigenvalue weighted by Crippen LogP contribution is -2.47. The normalized spacial score (nSPS) is 18.3. The van der Waals surface area contributed by atoms with E-state index in [1.165, 1.54) is 0 Å². The van der Waals surface area contributed by atoms with Crippen molar-refractivity contribution in [3.8, 4) is 0 Å². The van der Waals surface area contributed by atoms with Gasteiger partial charge in [0.15, 0.2) is 0 Å². The summed E-state index contributed by atoms with van der Waals surface area (Å²) in [5.41, 5.74) is 0.904. The molecule has 1 aliphatic heterocycles. The van der Waals surface area contributed by atoms with E-state index in [0.29, 0.717) is 24.7 Å². The van der Waals surface area contributed by atoms with Crippen LogP contribution in [-0.2, 0) is 20.9 Å². The number of hydrogen-bond acceptors (Lipinski definition) is 3. The predicted molar refractivity (Wildman–Crippen MR) is 85.5 cm³/mol. The van der Waals surface area contributed by atoms with Gasteiger partial charge >= 0.3 is 5.97 Å². The molecular formula is C16H17ClN2O4. The van der Waals surface area contributed by atoms with Crippen molar-refractivity contribution in [2.24, 2.45) is 0 Å². The van der Waals surface area contributed by atoms with Crippen molar-refractivity contribution in [3.63, 3.8) is 0 Å². The van der Waals surface area contributed by atoms with Crippen LogP contribution < -0.4 is 0 Å². The number of rotatable bonds is 4. The van der Waals surface area contributed by atoms with Crippen LogP contribution in [0, 0.1) is 0 Å². The molecule has 0 bridgehead atoms. The summed E-state index contributed by atoms with van der Waals surface area (Å²) in [7, 11) is 0. The van der Waals surface area contributed by atoms with Crippen molar-refractivity contribution in [3.05, 3.63) is 35.5 Å². The van der Waals surface area contributed by atoms with E-state index in [1.54, 1.807) is 4.90 Å². The van der Waals surface area contributed by atoms with Crippen LogP contribution in [0.2, 0.25) is 5.02 Å². The molecule has 1 atom stereocenters. The van der Waals surface area contributed by atoms with Crippen molar-refractivity contribution < 1.29 is 19.4 Å². The van der Waals surface area contributed by atoms with Crippen molar-refractivity contribution in [2.45, 2.75) is 19.1 Å². The maximum Gasteiger partial charge on any atom is 0.306 e. The molecule has 1 fully saturated rings. The molecule has 23 heavy (non-hydrogen) atoms. The molecule has 122 valence electrons. The number of fused-ring (bicyclic) bond motifs is 1. The van der Waals surface area contributed by atoms with E-state index in [-0.39, 0.29) is 18.9 Å². The van der Waals surface area contributed by atoms with Crippen LogP contribution in [0.1, 0.15) is 6.42 Å². The number of nitrogens with zero attached hydrogens (tertiary/aromatic N) is 2. The number of benzene rings is 1. The Bertz CT molecular complexity index is 743. The zero-order chi connectivity index (χ0) is 16.4. The Kier molecular flexibility index (Phi) is 4.54. The van der Waals surface area contributed by atoms with Gasteiger partial charge in [-0.15, -0.1) is 0 Å². The molecule has 0 aliphatic carbocycles. The minimum Gasteiger partial charge on any atom is -0.481 e. The highest BCUT2D eigenvalue weighted by molar-refractivity contribution is 6.31. The number of morpholine rings is 1. The Morgan fingerprint density at radius 1 is 1.35 bits per heavy atom. The Balaban J connectivity index is 1.70. The topological polar surface area (TPSA) is 71.8 Å². The Labute approximate surface area is 138 Å². The maximum absolute atomic E-state index is 12.5. The molecule has 2 aromatic rings. The lowest BCUT2D eigenvalue weighted by atomic mass is 10.2. The fourth-order valence-electron chi connectivity index (χ4n) is 2.80. The van der Waals surface area contributed by atoms with Crippen molar-refractivity contribution >= 4 is 34.4 Å². The van der Waals surface area contributed by atoms with Crippen LogP contribution in [0.4, 0.5) is 0 Å². The van der Waals surface area contributed by atoms with Crippen LogP contribution in [0.25, 0.3) is 10.9 Å². The van der Waals surface area contributed by atoms with Gasteiger partial charge < -0.3 is 19.3 Å². The molecule has 3 rings (SSSR count). The zero-order valence-electron chi connectivity index (χ0n) is 12.4. The lowest BCUT2D eigenvalue weighted by Gasteiger charge is -2.32. The van der Waals surface area contributed by atoms with Crippen LogP contribution in [0.5, 0.6) is 0 Å². The van der Waals surface area contributed by atoms with Gasteiger partial charge in [-0.1, -0.05) is 17.7 Å². The zero-order valence-corrected chi connectivity index (χ0v) is 13.2. The number of aromatic nitrogens is 1. The van der Waals surface area contributed by atoms with Gasteiger partial charge in [0.2, 0.25) is 5.91 Å². The van der Waals surface area contributed by atoms with Crippen LogP contribution >= 0.6 is 11.6 Å². The second kappa shape index (κ2) is 6.60. The van der Waals surface area contributed by atoms with Crippen LogP contribution in [0.3, 0.4) is 0 Å². The molecule has 0 saturated carbocycles. The smallest absolute Gasteiger partial charge is 0.306 e. The number of carboxylic acids is 1. The van der Waals surface area contributed by atoms with Gasteiger partial charge in [-0.05, 0) is 23.6 Å². The van der Waals surface area contributed by atoms with Gasteiger partial charge in [0, 0.05) is 29.8 Å². The molecule has 7 heteroatoms. The van der Waals surface area contributed by atoms with E-state index in [1.807, 2.05) is 35.0 Å². The lowest BCUT2D eigenvalue weighted by molar-refractivity contribution is -0.147. The average molecular weight is 337 g/mol. The molecule has 1 unspecified atom stereocenters. The van der Waals surface area contributed by atoms with E-state index in [9.17, 15) is 9.59 Å². The third kappa shape index (κ3) is 3.65. The summed E-state index contributed by atoms with van der Waals surface area (Å²) in [6, 6.07) is 7.49. The highest BCUT2D eigenvalue weighted by atomic mass is 35.5. The Hall–Kier alpha value is -2.05. The highest BCUT2D eigenvalue weighted by Crippen LogP contribution is 2.21. The SMILES string of the molecule is O=C(O)CC1CN(C(=O)Cn2ccc3ccc(Cl)cc32)CCO1. The monoisotopic (exact) mass is 336 g/mol. The predicted octanol–water partition coefficient (Wildman–Crippen LogP) is 2.00. The summed E-state index contributed by atoms with van der Waals surface area (Å²) < 4.78 is 7.24. The molecule has 1 aromatic heterocycles. The molecule has 0 spiro atoms. The molecule has 2 heterocycles. The van der Waals surface area contributed by atoms with Crippen molar-refractivity contribution in [1.82, 2.24) is 9.47 Å². The van der Waals surface area contributed by atoms with Gasteiger partial charge in [0.05, 0.1) is 19.1 Å². The van der Waals surface area contributed by atoms with E-state index in [0.717, 1.165) is 10.9 Å². The van der Waals surface area contributed by atoms with Crippen molar-refractivity contribution in [2.75, 3.05) is 19.7 Å². The Morgan fingerprint density at radius 2 is 2.17 bits per heavy atom. The molecule has 1 aliphatic rings. The number of halogens is 1. The number of carbonyl (C=O) groups excluding carboxylic acids is 1. The summed E-state index contributed by atoms with van der Waals surface area (Å²) in [5.74, 6) is -0.975. The minimum atomic E-state index is -0.921. The van der Waals surface area contributed by atoms with Crippen LogP contribution in [0.15, 0.2) is 30.5 Å². The Morgan fingerprint density at radius 3 is 2.96 bits per heavy atom. The number of carboxylic acid groups (broad SMARTS) is 1. The van der Waals surface area contributed by atoms with Crippen LogP contribution in [-0.4, -0.2) is 52.3 Å². The average Bonchev–Trinajstić information content (AvgIpc) is 2.89. The molecular weight excluding hydrogens is 320 g/mol. The first-order chi connectivity index (χ1) is 11.0. The molecule has 1 amide bonds. The number of ether oxygens (including phenoxy) is 1. The summed E-state index contributed by atoms with van der Waals surface area (Å²) in [6.07, 6.45) is 1.32. The largest absolute Gasteiger partial charge is 0.481 e. The molecule has 1 N–H and O–H groups in total. The van der Waals surface area contributed by atoms with E-state index < -0.39 is 12.1 Å². The van der Waals surface area contributed by atoms with Gasteiger partial charge in [-0.3, -0.25) is 9.59 Å². The highest BCUT2D eigenvalue weighted by Gasteiger charge is 2.26. The fourth-order valence-corrected chi connectivity index (χ4v) is 2.97. The second-order valence-electron chi connectivity index (χ2n) is 5.58. The first-order valence-corrected chi connectivity index (χ1v) is 7.76. The molecule has 0 radical (unpaired) electrons. The molecule has 1 aromatic carbocycles. The van der Waals surface area contributed by atoms with E-state index in [4.69, 9.17) is 21.4 Å². The van der Waals surface area contributed by atoms with Gasteiger partial charge in [0.25, 0.3) is 0 Å².